The minimum atomic E-state index is -1.22. The van der Waals surface area contributed by atoms with Crippen molar-refractivity contribution in [2.24, 2.45) is 0 Å². The first-order valence-corrected chi connectivity index (χ1v) is 11.6. The summed E-state index contributed by atoms with van der Waals surface area (Å²) < 4.78 is 10.7. The summed E-state index contributed by atoms with van der Waals surface area (Å²) in [4.78, 5) is 37.6. The second-order valence-electron chi connectivity index (χ2n) is 8.97. The highest BCUT2D eigenvalue weighted by Gasteiger charge is 2.45. The molecule has 2 aliphatic carbocycles. The molecule has 2 aliphatic rings. The number of carbonyl (C=O) groups excluding carboxylic acids is 2. The molecule has 1 fully saturated rings. The van der Waals surface area contributed by atoms with Crippen molar-refractivity contribution >= 4 is 18.0 Å². The predicted molar refractivity (Wildman–Crippen MR) is 125 cm³/mol. The molecule has 2 aromatic carbocycles. The number of methoxy groups -OCH3 is 1. The van der Waals surface area contributed by atoms with Gasteiger partial charge in [0.2, 0.25) is 5.91 Å². The largest absolute Gasteiger partial charge is 0.480 e. The Hall–Kier alpha value is -3.39. The van der Waals surface area contributed by atoms with E-state index < -0.39 is 35.7 Å². The van der Waals surface area contributed by atoms with Gasteiger partial charge < -0.3 is 25.2 Å². The van der Waals surface area contributed by atoms with Crippen LogP contribution in [-0.2, 0) is 19.1 Å². The number of rotatable bonds is 8. The van der Waals surface area contributed by atoms with Crippen molar-refractivity contribution in [1.82, 2.24) is 10.6 Å². The van der Waals surface area contributed by atoms with Crippen LogP contribution in [0, 0.1) is 0 Å². The Morgan fingerprint density at radius 3 is 2.12 bits per heavy atom. The molecule has 0 bridgehead atoms. The normalized spacial score (nSPS) is 17.8. The van der Waals surface area contributed by atoms with E-state index in [1.165, 1.54) is 7.11 Å². The number of nitrogens with one attached hydrogen (secondary N) is 2. The number of hydrogen-bond donors (Lipinski definition) is 3. The van der Waals surface area contributed by atoms with E-state index in [-0.39, 0.29) is 12.5 Å². The molecule has 8 heteroatoms. The van der Waals surface area contributed by atoms with Crippen molar-refractivity contribution in [3.8, 4) is 11.1 Å². The number of amides is 2. The zero-order valence-electron chi connectivity index (χ0n) is 19.4. The molecule has 4 rings (SSSR count). The summed E-state index contributed by atoms with van der Waals surface area (Å²) in [5.41, 5.74) is 3.26. The Morgan fingerprint density at radius 1 is 1.03 bits per heavy atom. The van der Waals surface area contributed by atoms with Gasteiger partial charge in [-0.3, -0.25) is 4.79 Å². The molecule has 3 N–H and O–H groups in total. The lowest BCUT2D eigenvalue weighted by Crippen LogP contribution is -2.61. The van der Waals surface area contributed by atoms with Gasteiger partial charge in [-0.1, -0.05) is 61.4 Å². The van der Waals surface area contributed by atoms with Crippen molar-refractivity contribution in [3.63, 3.8) is 0 Å². The van der Waals surface area contributed by atoms with E-state index in [0.29, 0.717) is 12.8 Å². The van der Waals surface area contributed by atoms with Crippen LogP contribution < -0.4 is 10.6 Å². The SMILES string of the molecule is COC(C)C(NC(=O)C1(NC(=O)OCC2c3ccccc3-c3ccccc32)CCCC1)C(=O)O. The average Bonchev–Trinajstić information content (AvgIpc) is 3.44. The fraction of sp³-hybridized carbons (Fsp3) is 0.423. The molecule has 2 amide bonds. The first-order valence-electron chi connectivity index (χ1n) is 11.6. The van der Waals surface area contributed by atoms with E-state index in [2.05, 4.69) is 22.8 Å². The van der Waals surface area contributed by atoms with Gasteiger partial charge in [0.25, 0.3) is 0 Å². The number of hydrogen-bond acceptors (Lipinski definition) is 5. The molecule has 0 radical (unpaired) electrons. The second-order valence-corrected chi connectivity index (χ2v) is 8.97. The molecule has 0 aliphatic heterocycles. The highest BCUT2D eigenvalue weighted by molar-refractivity contribution is 5.93. The molecule has 0 spiro atoms. The molecule has 180 valence electrons. The smallest absolute Gasteiger partial charge is 0.408 e. The highest BCUT2D eigenvalue weighted by Crippen LogP contribution is 2.44. The Morgan fingerprint density at radius 2 is 1.59 bits per heavy atom. The zero-order valence-corrected chi connectivity index (χ0v) is 19.4. The van der Waals surface area contributed by atoms with Gasteiger partial charge in [-0.25, -0.2) is 9.59 Å². The Kier molecular flexibility index (Phi) is 6.88. The van der Waals surface area contributed by atoms with Crippen LogP contribution in [0.5, 0.6) is 0 Å². The van der Waals surface area contributed by atoms with Gasteiger partial charge in [0, 0.05) is 13.0 Å². The van der Waals surface area contributed by atoms with Crippen molar-refractivity contribution < 1.29 is 29.0 Å². The summed E-state index contributed by atoms with van der Waals surface area (Å²) in [6.45, 7) is 1.70. The maximum absolute atomic E-state index is 13.1. The Labute approximate surface area is 198 Å². The van der Waals surface area contributed by atoms with Gasteiger partial charge in [0.1, 0.15) is 12.1 Å². The van der Waals surface area contributed by atoms with Gasteiger partial charge >= 0.3 is 12.1 Å². The zero-order chi connectivity index (χ0) is 24.3. The number of carboxylic acids is 1. The molecule has 0 saturated heterocycles. The standard InChI is InChI=1S/C26H30N2O6/c1-16(33-2)22(23(29)30)27-24(31)26(13-7-8-14-26)28-25(32)34-15-21-19-11-5-3-9-17(19)18-10-4-6-12-20(18)21/h3-6,9-12,16,21-22H,7-8,13-15H2,1-2H3,(H,27,31)(H,28,32)(H,29,30). The number of benzene rings is 2. The Bertz CT molecular complexity index is 1030. The van der Waals surface area contributed by atoms with Crippen LogP contribution in [0.15, 0.2) is 48.5 Å². The summed E-state index contributed by atoms with van der Waals surface area (Å²) in [5, 5.41) is 14.8. The quantitative estimate of drug-likeness (QED) is 0.549. The van der Waals surface area contributed by atoms with E-state index in [1.807, 2.05) is 36.4 Å². The van der Waals surface area contributed by atoms with Crippen LogP contribution in [-0.4, -0.2) is 54.5 Å². The van der Waals surface area contributed by atoms with Crippen molar-refractivity contribution in [1.29, 1.82) is 0 Å². The number of ether oxygens (including phenoxy) is 2. The maximum Gasteiger partial charge on any atom is 0.408 e. The highest BCUT2D eigenvalue weighted by atomic mass is 16.5. The molecule has 2 atom stereocenters. The molecule has 1 saturated carbocycles. The molecule has 2 aromatic rings. The van der Waals surface area contributed by atoms with Crippen LogP contribution in [0.2, 0.25) is 0 Å². The molecule has 34 heavy (non-hydrogen) atoms. The second kappa shape index (κ2) is 9.85. The van der Waals surface area contributed by atoms with E-state index >= 15 is 0 Å². The lowest BCUT2D eigenvalue weighted by atomic mass is 9.95. The number of aliphatic carboxylic acids is 1. The van der Waals surface area contributed by atoms with Crippen molar-refractivity contribution in [2.45, 2.75) is 56.2 Å². The van der Waals surface area contributed by atoms with Gasteiger partial charge in [0.15, 0.2) is 6.04 Å². The number of carboxylic acid groups (broad SMARTS) is 1. The van der Waals surface area contributed by atoms with Crippen LogP contribution in [0.1, 0.15) is 49.7 Å². The van der Waals surface area contributed by atoms with Crippen molar-refractivity contribution in [3.05, 3.63) is 59.7 Å². The molecular formula is C26H30N2O6. The summed E-state index contributed by atoms with van der Waals surface area (Å²) in [5.74, 6) is -1.82. The van der Waals surface area contributed by atoms with Crippen LogP contribution in [0.3, 0.4) is 0 Å². The predicted octanol–water partition coefficient (Wildman–Crippen LogP) is 3.44. The van der Waals surface area contributed by atoms with Gasteiger partial charge in [-0.05, 0) is 42.0 Å². The third kappa shape index (κ3) is 4.50. The molecular weight excluding hydrogens is 436 g/mol. The minimum absolute atomic E-state index is 0.0922. The van der Waals surface area contributed by atoms with Crippen molar-refractivity contribution in [2.75, 3.05) is 13.7 Å². The molecule has 0 heterocycles. The van der Waals surface area contributed by atoms with E-state index in [4.69, 9.17) is 9.47 Å². The molecule has 8 nitrogen and oxygen atoms in total. The summed E-state index contributed by atoms with van der Waals surface area (Å²) in [6, 6.07) is 14.9. The van der Waals surface area contributed by atoms with Gasteiger partial charge in [-0.2, -0.15) is 0 Å². The third-order valence-electron chi connectivity index (χ3n) is 6.97. The number of alkyl carbamates (subject to hydrolysis) is 1. The summed E-state index contributed by atoms with van der Waals surface area (Å²) in [7, 11) is 1.38. The lowest BCUT2D eigenvalue weighted by Gasteiger charge is -2.31. The van der Waals surface area contributed by atoms with Crippen LogP contribution in [0.4, 0.5) is 4.79 Å². The fourth-order valence-electron chi connectivity index (χ4n) is 5.01. The Balaban J connectivity index is 1.45. The topological polar surface area (TPSA) is 114 Å². The maximum atomic E-state index is 13.1. The number of carbonyl (C=O) groups is 3. The summed E-state index contributed by atoms with van der Waals surface area (Å²) in [6.07, 6.45) is 0.899. The van der Waals surface area contributed by atoms with E-state index in [0.717, 1.165) is 35.1 Å². The lowest BCUT2D eigenvalue weighted by molar-refractivity contribution is -0.146. The fourth-order valence-corrected chi connectivity index (χ4v) is 5.01. The van der Waals surface area contributed by atoms with Gasteiger partial charge in [0.05, 0.1) is 6.10 Å². The van der Waals surface area contributed by atoms with Crippen LogP contribution >= 0.6 is 0 Å². The first-order chi connectivity index (χ1) is 16.4. The monoisotopic (exact) mass is 466 g/mol. The molecule has 2 unspecified atom stereocenters. The van der Waals surface area contributed by atoms with Crippen LogP contribution in [0.25, 0.3) is 11.1 Å². The average molecular weight is 467 g/mol. The van der Waals surface area contributed by atoms with E-state index in [1.54, 1.807) is 6.92 Å². The van der Waals surface area contributed by atoms with Gasteiger partial charge in [-0.15, -0.1) is 0 Å². The molecule has 0 aromatic heterocycles. The number of fused-ring (bicyclic) bond motifs is 3. The third-order valence-corrected chi connectivity index (χ3v) is 6.97. The summed E-state index contributed by atoms with van der Waals surface area (Å²) >= 11 is 0. The first kappa shape index (κ1) is 23.8. The minimum Gasteiger partial charge on any atom is -0.480 e. The van der Waals surface area contributed by atoms with E-state index in [9.17, 15) is 19.5 Å².